The summed E-state index contributed by atoms with van der Waals surface area (Å²) in [5, 5.41) is 7.89. The van der Waals surface area contributed by atoms with Crippen LogP contribution in [0, 0.1) is 5.92 Å². The Labute approximate surface area is 111 Å². The number of aromatic nitrogens is 2. The summed E-state index contributed by atoms with van der Waals surface area (Å²) in [7, 11) is 3.73. The van der Waals surface area contributed by atoms with E-state index in [-0.39, 0.29) is 0 Å². The van der Waals surface area contributed by atoms with E-state index in [2.05, 4.69) is 42.8 Å². The maximum atomic E-state index is 5.47. The molecule has 1 unspecified atom stereocenters. The Morgan fingerprint density at radius 3 is 2.33 bits per heavy atom. The molecule has 1 N–H and O–H groups in total. The van der Waals surface area contributed by atoms with Crippen molar-refractivity contribution >= 4 is 0 Å². The highest BCUT2D eigenvalue weighted by atomic mass is 16.5. The van der Waals surface area contributed by atoms with Gasteiger partial charge >= 0.3 is 0 Å². The molecule has 4 nitrogen and oxygen atoms in total. The second kappa shape index (κ2) is 6.78. The molecule has 18 heavy (non-hydrogen) atoms. The first-order valence-corrected chi connectivity index (χ1v) is 6.89. The zero-order chi connectivity index (χ0) is 13.7. The molecular formula is C14H27N3O. The van der Waals surface area contributed by atoms with Crippen molar-refractivity contribution in [2.75, 3.05) is 14.2 Å². The summed E-state index contributed by atoms with van der Waals surface area (Å²) in [6.45, 7) is 8.77. The molecule has 4 heteroatoms. The van der Waals surface area contributed by atoms with Crippen LogP contribution in [-0.2, 0) is 0 Å². The number of ether oxygens (including phenoxy) is 1. The van der Waals surface area contributed by atoms with Crippen LogP contribution in [0.2, 0.25) is 0 Å². The Morgan fingerprint density at radius 1 is 1.33 bits per heavy atom. The van der Waals surface area contributed by atoms with Crippen LogP contribution >= 0.6 is 0 Å². The Balaban J connectivity index is 3.21. The van der Waals surface area contributed by atoms with Gasteiger partial charge in [-0.15, -0.1) is 0 Å². The molecular weight excluding hydrogens is 226 g/mol. The molecule has 0 fully saturated rings. The fraction of sp³-hybridized carbons (Fsp3) is 0.786. The van der Waals surface area contributed by atoms with E-state index in [1.165, 1.54) is 5.69 Å². The monoisotopic (exact) mass is 253 g/mol. The predicted octanol–water partition coefficient (Wildman–Crippen LogP) is 3.17. The van der Waals surface area contributed by atoms with Gasteiger partial charge in [-0.3, -0.25) is 4.68 Å². The van der Waals surface area contributed by atoms with Gasteiger partial charge in [-0.05, 0) is 26.8 Å². The van der Waals surface area contributed by atoms with Gasteiger partial charge in [0.2, 0.25) is 0 Å². The van der Waals surface area contributed by atoms with Gasteiger partial charge in [-0.1, -0.05) is 26.7 Å². The third-order valence-electron chi connectivity index (χ3n) is 3.63. The Kier molecular flexibility index (Phi) is 5.66. The van der Waals surface area contributed by atoms with Gasteiger partial charge in [0.05, 0.1) is 25.0 Å². The highest BCUT2D eigenvalue weighted by Crippen LogP contribution is 2.34. The molecule has 1 heterocycles. The van der Waals surface area contributed by atoms with Crippen LogP contribution in [0.3, 0.4) is 0 Å². The van der Waals surface area contributed by atoms with Gasteiger partial charge in [-0.25, -0.2) is 0 Å². The van der Waals surface area contributed by atoms with E-state index in [1.54, 1.807) is 7.11 Å². The van der Waals surface area contributed by atoms with E-state index < -0.39 is 0 Å². The molecule has 1 aromatic rings. The molecule has 0 radical (unpaired) electrons. The second-order valence-electron chi connectivity index (χ2n) is 4.98. The summed E-state index contributed by atoms with van der Waals surface area (Å²) in [6, 6.07) is 0.633. The fourth-order valence-corrected chi connectivity index (χ4v) is 2.58. The molecule has 104 valence electrons. The second-order valence-corrected chi connectivity index (χ2v) is 4.98. The van der Waals surface area contributed by atoms with Crippen LogP contribution in [-0.4, -0.2) is 23.9 Å². The molecule has 0 amide bonds. The SMILES string of the molecule is CCC(CC)C(NC)c1c(OC)cnn1C(C)C. The van der Waals surface area contributed by atoms with Gasteiger partial charge in [0.25, 0.3) is 0 Å². The summed E-state index contributed by atoms with van der Waals surface area (Å²) in [4.78, 5) is 0. The number of hydrogen-bond acceptors (Lipinski definition) is 3. The summed E-state index contributed by atoms with van der Waals surface area (Å²) in [6.07, 6.45) is 4.12. The van der Waals surface area contributed by atoms with Crippen molar-refractivity contribution in [1.29, 1.82) is 0 Å². The molecule has 1 rings (SSSR count). The first kappa shape index (κ1) is 15.0. The highest BCUT2D eigenvalue weighted by Gasteiger charge is 2.27. The van der Waals surface area contributed by atoms with Gasteiger partial charge in [0, 0.05) is 6.04 Å². The summed E-state index contributed by atoms with van der Waals surface area (Å²) < 4.78 is 7.54. The number of nitrogens with one attached hydrogen (secondary N) is 1. The minimum atomic E-state index is 0.292. The minimum Gasteiger partial charge on any atom is -0.493 e. The fourth-order valence-electron chi connectivity index (χ4n) is 2.58. The van der Waals surface area contributed by atoms with Crippen molar-refractivity contribution in [3.63, 3.8) is 0 Å². The van der Waals surface area contributed by atoms with Crippen LogP contribution in [0.25, 0.3) is 0 Å². The molecule has 1 atom stereocenters. The van der Waals surface area contributed by atoms with Crippen molar-refractivity contribution in [1.82, 2.24) is 15.1 Å². The molecule has 0 saturated carbocycles. The lowest BCUT2D eigenvalue weighted by molar-refractivity contribution is 0.316. The van der Waals surface area contributed by atoms with Crippen molar-refractivity contribution in [3.8, 4) is 5.75 Å². The standard InChI is InChI=1S/C14H27N3O/c1-7-11(8-2)13(15-5)14-12(18-6)9-16-17(14)10(3)4/h9-11,13,15H,7-8H2,1-6H3. The number of methoxy groups -OCH3 is 1. The molecule has 0 aliphatic rings. The number of hydrogen-bond donors (Lipinski definition) is 1. The Hall–Kier alpha value is -1.03. The molecule has 0 aliphatic carbocycles. The third-order valence-corrected chi connectivity index (χ3v) is 3.63. The van der Waals surface area contributed by atoms with Crippen molar-refractivity contribution < 1.29 is 4.74 Å². The lowest BCUT2D eigenvalue weighted by Gasteiger charge is -2.27. The molecule has 0 aromatic carbocycles. The smallest absolute Gasteiger partial charge is 0.161 e. The number of rotatable bonds is 7. The van der Waals surface area contributed by atoms with Crippen LogP contribution in [0.4, 0.5) is 0 Å². The van der Waals surface area contributed by atoms with Gasteiger partial charge in [0.1, 0.15) is 0 Å². The molecule has 0 bridgehead atoms. The van der Waals surface area contributed by atoms with Gasteiger partial charge in [0.15, 0.2) is 5.75 Å². The Bertz CT molecular complexity index is 356. The van der Waals surface area contributed by atoms with E-state index in [1.807, 2.05) is 13.2 Å². The predicted molar refractivity (Wildman–Crippen MR) is 75.0 cm³/mol. The largest absolute Gasteiger partial charge is 0.493 e. The van der Waals surface area contributed by atoms with Gasteiger partial charge in [-0.2, -0.15) is 5.10 Å². The summed E-state index contributed by atoms with van der Waals surface area (Å²) >= 11 is 0. The third kappa shape index (κ3) is 2.86. The first-order chi connectivity index (χ1) is 8.60. The summed E-state index contributed by atoms with van der Waals surface area (Å²) in [5.41, 5.74) is 1.17. The molecule has 0 aliphatic heterocycles. The van der Waals surface area contributed by atoms with Crippen LogP contribution in [0.5, 0.6) is 5.75 Å². The summed E-state index contributed by atoms with van der Waals surface area (Å²) in [5.74, 6) is 1.48. The zero-order valence-corrected chi connectivity index (χ0v) is 12.5. The van der Waals surface area contributed by atoms with E-state index in [9.17, 15) is 0 Å². The molecule has 1 aromatic heterocycles. The van der Waals surface area contributed by atoms with E-state index >= 15 is 0 Å². The maximum Gasteiger partial charge on any atom is 0.161 e. The Morgan fingerprint density at radius 2 is 1.94 bits per heavy atom. The minimum absolute atomic E-state index is 0.292. The average molecular weight is 253 g/mol. The van der Waals surface area contributed by atoms with Crippen molar-refractivity contribution in [2.24, 2.45) is 5.92 Å². The topological polar surface area (TPSA) is 39.1 Å². The van der Waals surface area contributed by atoms with Gasteiger partial charge < -0.3 is 10.1 Å². The zero-order valence-electron chi connectivity index (χ0n) is 12.5. The number of nitrogens with zero attached hydrogens (tertiary/aromatic N) is 2. The highest BCUT2D eigenvalue weighted by molar-refractivity contribution is 5.29. The maximum absolute atomic E-state index is 5.47. The van der Waals surface area contributed by atoms with E-state index in [0.717, 1.165) is 18.6 Å². The lowest BCUT2D eigenvalue weighted by Crippen LogP contribution is -2.28. The van der Waals surface area contributed by atoms with E-state index in [4.69, 9.17) is 4.74 Å². The van der Waals surface area contributed by atoms with Crippen molar-refractivity contribution in [2.45, 2.75) is 52.6 Å². The van der Waals surface area contributed by atoms with Crippen LogP contribution in [0.1, 0.15) is 58.3 Å². The quantitative estimate of drug-likeness (QED) is 0.811. The van der Waals surface area contributed by atoms with Crippen LogP contribution < -0.4 is 10.1 Å². The molecule has 0 saturated heterocycles. The average Bonchev–Trinajstić information content (AvgIpc) is 2.79. The lowest BCUT2D eigenvalue weighted by atomic mass is 9.91. The van der Waals surface area contributed by atoms with E-state index in [0.29, 0.717) is 18.0 Å². The normalized spacial score (nSPS) is 13.3. The van der Waals surface area contributed by atoms with Crippen LogP contribution in [0.15, 0.2) is 6.20 Å². The molecule has 0 spiro atoms. The van der Waals surface area contributed by atoms with Crippen molar-refractivity contribution in [3.05, 3.63) is 11.9 Å². The first-order valence-electron chi connectivity index (χ1n) is 6.89.